The van der Waals surface area contributed by atoms with E-state index in [1.165, 1.54) is 0 Å². The molecule has 5 heteroatoms. The minimum absolute atomic E-state index is 0.0980. The molecule has 124 valence electrons. The average molecular weight is 316 g/mol. The van der Waals surface area contributed by atoms with Crippen molar-refractivity contribution < 1.29 is 14.6 Å². The van der Waals surface area contributed by atoms with Crippen molar-refractivity contribution in [3.8, 4) is 11.5 Å². The van der Waals surface area contributed by atoms with Crippen molar-refractivity contribution in [1.82, 2.24) is 4.90 Å². The van der Waals surface area contributed by atoms with E-state index in [1.807, 2.05) is 42.5 Å². The number of anilines is 1. The third kappa shape index (κ3) is 4.87. The Hall–Kier alpha value is -2.24. The van der Waals surface area contributed by atoms with E-state index in [-0.39, 0.29) is 6.61 Å². The summed E-state index contributed by atoms with van der Waals surface area (Å²) in [7, 11) is 3.28. The van der Waals surface area contributed by atoms with Gasteiger partial charge in [-0.2, -0.15) is 0 Å². The van der Waals surface area contributed by atoms with E-state index in [1.54, 1.807) is 14.2 Å². The zero-order valence-corrected chi connectivity index (χ0v) is 13.7. The minimum Gasteiger partial charge on any atom is -0.497 e. The summed E-state index contributed by atoms with van der Waals surface area (Å²) in [6.45, 7) is 2.05. The van der Waals surface area contributed by atoms with Crippen LogP contribution in [0, 0.1) is 0 Å². The van der Waals surface area contributed by atoms with E-state index in [4.69, 9.17) is 15.2 Å². The van der Waals surface area contributed by atoms with E-state index in [9.17, 15) is 5.11 Å². The molecular weight excluding hydrogens is 292 g/mol. The van der Waals surface area contributed by atoms with Crippen LogP contribution in [0.5, 0.6) is 11.5 Å². The van der Waals surface area contributed by atoms with Gasteiger partial charge in [0.2, 0.25) is 0 Å². The fraction of sp³-hybridized carbons (Fsp3) is 0.333. The molecule has 0 spiro atoms. The summed E-state index contributed by atoms with van der Waals surface area (Å²) in [4.78, 5) is 2.15. The number of ether oxygens (including phenoxy) is 2. The summed E-state index contributed by atoms with van der Waals surface area (Å²) in [5.41, 5.74) is 8.74. The Morgan fingerprint density at radius 1 is 1.04 bits per heavy atom. The van der Waals surface area contributed by atoms with E-state index in [0.717, 1.165) is 28.3 Å². The molecule has 0 saturated carbocycles. The van der Waals surface area contributed by atoms with Gasteiger partial charge in [0.1, 0.15) is 11.5 Å². The molecule has 0 aromatic heterocycles. The summed E-state index contributed by atoms with van der Waals surface area (Å²) in [6.07, 6.45) is 0. The molecule has 0 amide bonds. The van der Waals surface area contributed by atoms with Crippen LogP contribution in [0.3, 0.4) is 0 Å². The first-order valence-electron chi connectivity index (χ1n) is 7.54. The maximum Gasteiger partial charge on any atom is 0.127 e. The summed E-state index contributed by atoms with van der Waals surface area (Å²) < 4.78 is 10.7. The van der Waals surface area contributed by atoms with Crippen molar-refractivity contribution in [2.75, 3.05) is 33.1 Å². The first kappa shape index (κ1) is 17.1. The lowest BCUT2D eigenvalue weighted by molar-refractivity contribution is 0.183. The van der Waals surface area contributed by atoms with E-state index >= 15 is 0 Å². The number of nitrogen functional groups attached to an aromatic ring is 1. The van der Waals surface area contributed by atoms with Gasteiger partial charge in [0.25, 0.3) is 0 Å². The van der Waals surface area contributed by atoms with Crippen molar-refractivity contribution in [1.29, 1.82) is 0 Å². The number of rotatable bonds is 8. The van der Waals surface area contributed by atoms with Gasteiger partial charge in [0, 0.05) is 37.0 Å². The van der Waals surface area contributed by atoms with Crippen molar-refractivity contribution in [3.63, 3.8) is 0 Å². The van der Waals surface area contributed by atoms with Crippen molar-refractivity contribution in [3.05, 3.63) is 53.6 Å². The Morgan fingerprint density at radius 2 is 1.87 bits per heavy atom. The van der Waals surface area contributed by atoms with Gasteiger partial charge >= 0.3 is 0 Å². The number of nitrogens with zero attached hydrogens (tertiary/aromatic N) is 1. The van der Waals surface area contributed by atoms with Gasteiger partial charge in [-0.15, -0.1) is 0 Å². The maximum atomic E-state index is 9.34. The third-order valence-electron chi connectivity index (χ3n) is 3.66. The number of aliphatic hydroxyl groups excluding tert-OH is 1. The molecule has 23 heavy (non-hydrogen) atoms. The van der Waals surface area contributed by atoms with Crippen molar-refractivity contribution >= 4 is 5.69 Å². The maximum absolute atomic E-state index is 9.34. The minimum atomic E-state index is 0.0980. The van der Waals surface area contributed by atoms with Crippen LogP contribution in [-0.2, 0) is 13.1 Å². The third-order valence-corrected chi connectivity index (χ3v) is 3.66. The highest BCUT2D eigenvalue weighted by Gasteiger charge is 2.11. The normalized spacial score (nSPS) is 10.8. The number of aliphatic hydroxyl groups is 1. The second-order valence-electron chi connectivity index (χ2n) is 5.36. The SMILES string of the molecule is COc1ccc(CN(CCO)Cc2cccc(N)c2)c(OC)c1. The summed E-state index contributed by atoms with van der Waals surface area (Å²) in [5.74, 6) is 1.54. The largest absolute Gasteiger partial charge is 0.497 e. The first-order valence-corrected chi connectivity index (χ1v) is 7.54. The zero-order valence-electron chi connectivity index (χ0n) is 13.7. The standard InChI is InChI=1S/C18H24N2O3/c1-22-17-7-6-15(18(11-17)23-2)13-20(8-9-21)12-14-4-3-5-16(19)10-14/h3-7,10-11,21H,8-9,12-13,19H2,1-2H3. The summed E-state index contributed by atoms with van der Waals surface area (Å²) >= 11 is 0. The van der Waals surface area contributed by atoms with Gasteiger partial charge in [-0.05, 0) is 23.8 Å². The topological polar surface area (TPSA) is 68.0 Å². The lowest BCUT2D eigenvalue weighted by Crippen LogP contribution is -2.26. The molecule has 2 aromatic rings. The monoisotopic (exact) mass is 316 g/mol. The molecular formula is C18H24N2O3. The Kier molecular flexibility index (Phi) is 6.26. The second-order valence-corrected chi connectivity index (χ2v) is 5.36. The quantitative estimate of drug-likeness (QED) is 0.731. The Bertz CT molecular complexity index is 631. The fourth-order valence-electron chi connectivity index (χ4n) is 2.53. The van der Waals surface area contributed by atoms with Crippen molar-refractivity contribution in [2.24, 2.45) is 0 Å². The highest BCUT2D eigenvalue weighted by atomic mass is 16.5. The van der Waals surface area contributed by atoms with Crippen LogP contribution in [0.25, 0.3) is 0 Å². The Labute approximate surface area is 137 Å². The molecule has 0 aliphatic rings. The molecule has 0 atom stereocenters. The molecule has 2 rings (SSSR count). The van der Waals surface area contributed by atoms with Crippen LogP contribution < -0.4 is 15.2 Å². The van der Waals surface area contributed by atoms with Crippen LogP contribution in [0.4, 0.5) is 5.69 Å². The smallest absolute Gasteiger partial charge is 0.127 e. The van der Waals surface area contributed by atoms with Crippen LogP contribution in [-0.4, -0.2) is 37.4 Å². The van der Waals surface area contributed by atoms with Crippen molar-refractivity contribution in [2.45, 2.75) is 13.1 Å². The van der Waals surface area contributed by atoms with Crippen LogP contribution in [0.1, 0.15) is 11.1 Å². The zero-order chi connectivity index (χ0) is 16.7. The number of hydrogen-bond acceptors (Lipinski definition) is 5. The van der Waals surface area contributed by atoms with Gasteiger partial charge < -0.3 is 20.3 Å². The average Bonchev–Trinajstić information content (AvgIpc) is 2.55. The van der Waals surface area contributed by atoms with Crippen LogP contribution in [0.15, 0.2) is 42.5 Å². The number of nitrogens with two attached hydrogens (primary N) is 1. The molecule has 0 aliphatic heterocycles. The molecule has 0 fully saturated rings. The molecule has 3 N–H and O–H groups in total. The predicted octanol–water partition coefficient (Wildman–Crippen LogP) is 2.28. The molecule has 0 radical (unpaired) electrons. The van der Waals surface area contributed by atoms with Crippen LogP contribution >= 0.6 is 0 Å². The molecule has 0 aliphatic carbocycles. The first-order chi connectivity index (χ1) is 11.2. The van der Waals surface area contributed by atoms with Gasteiger partial charge in [-0.1, -0.05) is 18.2 Å². The van der Waals surface area contributed by atoms with Crippen LogP contribution in [0.2, 0.25) is 0 Å². The van der Waals surface area contributed by atoms with Gasteiger partial charge in [0.15, 0.2) is 0 Å². The van der Waals surface area contributed by atoms with E-state index < -0.39 is 0 Å². The highest BCUT2D eigenvalue weighted by molar-refractivity contribution is 5.42. The van der Waals surface area contributed by atoms with Gasteiger partial charge in [0.05, 0.1) is 20.8 Å². The van der Waals surface area contributed by atoms with E-state index in [0.29, 0.717) is 19.6 Å². The molecule has 2 aromatic carbocycles. The molecule has 0 bridgehead atoms. The molecule has 0 saturated heterocycles. The van der Waals surface area contributed by atoms with Gasteiger partial charge in [-0.25, -0.2) is 0 Å². The Morgan fingerprint density at radius 3 is 2.52 bits per heavy atom. The summed E-state index contributed by atoms with van der Waals surface area (Å²) in [6, 6.07) is 13.6. The molecule has 0 unspecified atom stereocenters. The second kappa shape index (κ2) is 8.41. The fourth-order valence-corrected chi connectivity index (χ4v) is 2.53. The number of methoxy groups -OCH3 is 2. The number of hydrogen-bond donors (Lipinski definition) is 2. The molecule has 5 nitrogen and oxygen atoms in total. The van der Waals surface area contributed by atoms with E-state index in [2.05, 4.69) is 4.90 Å². The van der Waals surface area contributed by atoms with Gasteiger partial charge in [-0.3, -0.25) is 4.90 Å². The lowest BCUT2D eigenvalue weighted by atomic mass is 10.1. The highest BCUT2D eigenvalue weighted by Crippen LogP contribution is 2.26. The summed E-state index contributed by atoms with van der Waals surface area (Å²) in [5, 5.41) is 9.34. The Balaban J connectivity index is 2.15. The lowest BCUT2D eigenvalue weighted by Gasteiger charge is -2.23. The predicted molar refractivity (Wildman–Crippen MR) is 91.6 cm³/mol. The number of benzene rings is 2. The molecule has 0 heterocycles.